The highest BCUT2D eigenvalue weighted by molar-refractivity contribution is 6.00. The van der Waals surface area contributed by atoms with Gasteiger partial charge in [-0.05, 0) is 69.2 Å². The number of nitrogens with one attached hydrogen (secondary N) is 4. The van der Waals surface area contributed by atoms with E-state index in [4.69, 9.17) is 16.2 Å². The number of ether oxygens (including phenoxy) is 1. The number of phenols is 1. The molecule has 21 nitrogen and oxygen atoms in total. The van der Waals surface area contributed by atoms with Crippen LogP contribution >= 0.6 is 0 Å². The van der Waals surface area contributed by atoms with Crippen LogP contribution in [0.25, 0.3) is 0 Å². The Bertz CT molecular complexity index is 2450. The van der Waals surface area contributed by atoms with Gasteiger partial charge in [-0.15, -0.1) is 0 Å². The van der Waals surface area contributed by atoms with Crippen LogP contribution in [-0.2, 0) is 60.7 Å². The van der Waals surface area contributed by atoms with Crippen LogP contribution in [-0.4, -0.2) is 130 Å². The van der Waals surface area contributed by atoms with E-state index in [0.29, 0.717) is 17.6 Å². The molecule has 0 bridgehead atoms. The number of allylic oxidation sites excluding steroid dienone is 2. The number of carboxylic acid groups (broad SMARTS) is 2. The van der Waals surface area contributed by atoms with Crippen molar-refractivity contribution in [2.75, 3.05) is 20.7 Å². The van der Waals surface area contributed by atoms with Crippen molar-refractivity contribution < 1.29 is 63.2 Å². The first-order valence-corrected chi connectivity index (χ1v) is 24.8. The number of amides is 5. The number of ketones is 2. The maximum atomic E-state index is 14.5. The van der Waals surface area contributed by atoms with E-state index >= 15 is 0 Å². The molecule has 0 aromatic heterocycles. The number of methoxy groups -OCH3 is 1. The molecule has 2 aromatic rings. The summed E-state index contributed by atoms with van der Waals surface area (Å²) in [7, 11) is 2.82. The molecule has 1 aliphatic heterocycles. The Morgan fingerprint density at radius 3 is 2.11 bits per heavy atom. The number of benzene rings is 2. The molecular formula is C54H74N8O13. The molecule has 0 saturated carbocycles. The van der Waals surface area contributed by atoms with E-state index in [9.17, 15) is 58.5 Å². The summed E-state index contributed by atoms with van der Waals surface area (Å²) in [4.78, 5) is 128. The minimum absolute atomic E-state index is 0.00351. The van der Waals surface area contributed by atoms with Crippen LogP contribution in [0.2, 0.25) is 0 Å². The number of rotatable bonds is 15. The predicted molar refractivity (Wildman–Crippen MR) is 279 cm³/mol. The summed E-state index contributed by atoms with van der Waals surface area (Å²) in [6.07, 6.45) is 3.35. The molecule has 5 amide bonds. The van der Waals surface area contributed by atoms with Gasteiger partial charge in [-0.1, -0.05) is 93.6 Å². The van der Waals surface area contributed by atoms with Crippen LogP contribution in [0.15, 0.2) is 95.7 Å². The number of aliphatic carboxylic acids is 2. The maximum Gasteiger partial charge on any atom is 0.326 e. The van der Waals surface area contributed by atoms with Crippen molar-refractivity contribution in [3.63, 3.8) is 0 Å². The van der Waals surface area contributed by atoms with Gasteiger partial charge < -0.3 is 57.7 Å². The number of aliphatic imine (C=N–C) groups is 1. The normalized spacial score (nSPS) is 24.7. The molecule has 21 heteroatoms. The lowest BCUT2D eigenvalue weighted by molar-refractivity contribution is -0.149. The van der Waals surface area contributed by atoms with Crippen LogP contribution < -0.4 is 32.7 Å². The van der Waals surface area contributed by atoms with Crippen LogP contribution in [0.3, 0.4) is 0 Å². The van der Waals surface area contributed by atoms with Crippen molar-refractivity contribution in [3.8, 4) is 5.75 Å². The smallest absolute Gasteiger partial charge is 0.326 e. The average molecular weight is 1040 g/mol. The fourth-order valence-electron chi connectivity index (χ4n) is 8.36. The molecule has 1 fully saturated rings. The van der Waals surface area contributed by atoms with Gasteiger partial charge in [0.2, 0.25) is 23.6 Å². The van der Waals surface area contributed by atoms with Gasteiger partial charge in [-0.25, -0.2) is 4.79 Å². The Hall–Kier alpha value is -7.68. The van der Waals surface area contributed by atoms with Gasteiger partial charge in [-0.3, -0.25) is 43.3 Å². The Balaban J connectivity index is 2.14. The molecule has 408 valence electrons. The number of carbonyl (C=O) groups is 9. The predicted octanol–water partition coefficient (Wildman–Crippen LogP) is 2.70. The SMILES string of the molecule is C=C1C(=O)N[C@H](C)C(=O)N[C@@H](Cc2ccc(O)cc2)C(=O)C[C@@H](C(=O)O)[C@H](C)C(=O)C[C@@H](CCCN=C(N)N)C(=O)N[C@@H](/C=C/C(C)=C/[C@H](C)[C@H](Cc2ccccc2)OC)[C@H](C)C(=O)N[C@@H](C(=O)O)CCC(=O)N1C. The molecular weight excluding hydrogens is 969 g/mol. The number of carboxylic acids is 2. The lowest BCUT2D eigenvalue weighted by Gasteiger charge is -2.27. The minimum atomic E-state index is -1.65. The largest absolute Gasteiger partial charge is 0.508 e. The molecule has 0 radical (unpaired) electrons. The van der Waals surface area contributed by atoms with E-state index in [-0.39, 0.29) is 49.5 Å². The van der Waals surface area contributed by atoms with Crippen molar-refractivity contribution in [1.82, 2.24) is 26.2 Å². The number of guanidine groups is 1. The fraction of sp³-hybridized carbons (Fsp3) is 0.481. The molecule has 75 heavy (non-hydrogen) atoms. The molecule has 0 spiro atoms. The Morgan fingerprint density at radius 1 is 0.853 bits per heavy atom. The summed E-state index contributed by atoms with van der Waals surface area (Å²) >= 11 is 0. The lowest BCUT2D eigenvalue weighted by atomic mass is 9.81. The van der Waals surface area contributed by atoms with E-state index in [1.54, 1.807) is 19.3 Å². The molecule has 3 rings (SSSR count). The zero-order chi connectivity index (χ0) is 56.1. The quantitative estimate of drug-likeness (QED) is 0.0407. The third-order valence-electron chi connectivity index (χ3n) is 13.3. The van der Waals surface area contributed by atoms with E-state index in [0.717, 1.165) is 10.5 Å². The van der Waals surface area contributed by atoms with E-state index in [2.05, 4.69) is 32.8 Å². The second-order valence-electron chi connectivity index (χ2n) is 19.1. The molecule has 1 saturated heterocycles. The van der Waals surface area contributed by atoms with Crippen molar-refractivity contribution in [1.29, 1.82) is 0 Å². The molecule has 1 heterocycles. The summed E-state index contributed by atoms with van der Waals surface area (Å²) in [5, 5.41) is 40.9. The maximum absolute atomic E-state index is 14.5. The standard InChI is InChI=1S/C54H74N8O13/c1-30(25-31(2)46(75-8)27-36-13-10-9-11-14-36)16-21-41-33(4)48(67)60-42(53(73)74)22-23-47(66)62(7)35(6)50(69)58-34(5)49(68)61-43(26-37-17-19-39(63)20-18-37)45(65)29-40(52(71)72)32(3)44(64)28-38(51(70)59-41)15-12-24-57-54(55)56/h9-11,13-14,16-21,25,31-34,38,40-43,46,63H,6,12,15,22-24,26-29H2,1-5,7-8H3,(H,58,69)(H,59,70)(H,60,67)(H,61,68)(H,71,72)(H,73,74)(H4,55,56,57)/b21-16+,30-25+/t31-,32-,33-,34+,38+,40+,41-,42+,43-,46-/m0/s1. The van der Waals surface area contributed by atoms with Crippen LogP contribution in [0.5, 0.6) is 5.75 Å². The van der Waals surface area contributed by atoms with E-state index in [1.807, 2.05) is 50.3 Å². The highest BCUT2D eigenvalue weighted by atomic mass is 16.5. The summed E-state index contributed by atoms with van der Waals surface area (Å²) in [5.74, 6) is -14.5. The van der Waals surface area contributed by atoms with E-state index in [1.165, 1.54) is 52.1 Å². The summed E-state index contributed by atoms with van der Waals surface area (Å²) < 4.78 is 5.83. The topological polar surface area (TPSA) is 339 Å². The lowest BCUT2D eigenvalue weighted by Crippen LogP contribution is -2.52. The first kappa shape index (κ1) is 61.6. The number of Topliss-reactive ketones (excluding diaryl/α,β-unsaturated/α-hetero) is 2. The van der Waals surface area contributed by atoms with Gasteiger partial charge in [0.1, 0.15) is 29.3 Å². The van der Waals surface area contributed by atoms with Crippen LogP contribution in [0.1, 0.15) is 84.3 Å². The number of hydrogen-bond donors (Lipinski definition) is 9. The van der Waals surface area contributed by atoms with Crippen LogP contribution in [0.4, 0.5) is 0 Å². The number of carbonyl (C=O) groups excluding carboxylic acids is 7. The molecule has 10 atom stereocenters. The highest BCUT2D eigenvalue weighted by Crippen LogP contribution is 2.26. The van der Waals surface area contributed by atoms with Crippen molar-refractivity contribution >= 4 is 59.0 Å². The van der Waals surface area contributed by atoms with Gasteiger partial charge in [-0.2, -0.15) is 0 Å². The average Bonchev–Trinajstić information content (AvgIpc) is 3.36. The van der Waals surface area contributed by atoms with Gasteiger partial charge in [0.15, 0.2) is 11.7 Å². The molecule has 2 aromatic carbocycles. The van der Waals surface area contributed by atoms with E-state index < -0.39 is 132 Å². The van der Waals surface area contributed by atoms with Gasteiger partial charge in [0, 0.05) is 57.7 Å². The summed E-state index contributed by atoms with van der Waals surface area (Å²) in [6, 6.07) is 9.88. The number of nitrogens with two attached hydrogens (primary N) is 2. The Kier molecular flexibility index (Phi) is 24.5. The van der Waals surface area contributed by atoms with Gasteiger partial charge in [0.05, 0.1) is 30.0 Å². The third kappa shape index (κ3) is 19.9. The minimum Gasteiger partial charge on any atom is -0.508 e. The van der Waals surface area contributed by atoms with Gasteiger partial charge in [0.25, 0.3) is 5.91 Å². The Labute approximate surface area is 437 Å². The number of phenolic OH excluding ortho intramolecular Hbond substituents is 1. The third-order valence-corrected chi connectivity index (χ3v) is 13.3. The molecule has 0 unspecified atom stereocenters. The zero-order valence-electron chi connectivity index (χ0n) is 43.7. The van der Waals surface area contributed by atoms with Crippen molar-refractivity contribution in [2.24, 2.45) is 46.0 Å². The fourth-order valence-corrected chi connectivity index (χ4v) is 8.36. The number of nitrogens with zero attached hydrogens (tertiary/aromatic N) is 2. The first-order valence-electron chi connectivity index (χ1n) is 24.8. The summed E-state index contributed by atoms with van der Waals surface area (Å²) in [5.41, 5.74) is 12.9. The Morgan fingerprint density at radius 2 is 1.51 bits per heavy atom. The second kappa shape index (κ2) is 29.9. The van der Waals surface area contributed by atoms with Gasteiger partial charge >= 0.3 is 11.9 Å². The molecule has 11 N–H and O–H groups in total. The van der Waals surface area contributed by atoms with Crippen molar-refractivity contribution in [2.45, 2.75) is 116 Å². The zero-order valence-corrected chi connectivity index (χ0v) is 43.7. The summed E-state index contributed by atoms with van der Waals surface area (Å²) in [6.45, 7) is 11.5. The van der Waals surface area contributed by atoms with Crippen molar-refractivity contribution in [3.05, 3.63) is 102 Å². The van der Waals surface area contributed by atoms with Crippen LogP contribution in [0, 0.1) is 29.6 Å². The number of hydrogen-bond acceptors (Lipinski definition) is 12. The highest BCUT2D eigenvalue weighted by Gasteiger charge is 2.38. The number of aromatic hydroxyl groups is 1. The molecule has 1 aliphatic rings. The monoisotopic (exact) mass is 1040 g/mol. The number of likely N-dealkylation sites (N-methyl/N-ethyl adjacent to an activating group) is 1. The second-order valence-corrected chi connectivity index (χ2v) is 19.1. The molecule has 0 aliphatic carbocycles. The first-order chi connectivity index (χ1) is 35.3.